The van der Waals surface area contributed by atoms with Crippen molar-refractivity contribution in [3.63, 3.8) is 0 Å². The van der Waals surface area contributed by atoms with E-state index in [1.807, 2.05) is 72.8 Å². The van der Waals surface area contributed by atoms with E-state index in [1.165, 1.54) is 18.2 Å². The lowest BCUT2D eigenvalue weighted by molar-refractivity contribution is -0.146. The molecule has 270 valence electrons. The van der Waals surface area contributed by atoms with Crippen LogP contribution in [0.2, 0.25) is 0 Å². The van der Waals surface area contributed by atoms with Crippen LogP contribution in [0.1, 0.15) is 83.1 Å². The normalized spacial score (nSPS) is 12.8. The van der Waals surface area contributed by atoms with Gasteiger partial charge in [-0.2, -0.15) is 0 Å². The van der Waals surface area contributed by atoms with Crippen LogP contribution in [0.3, 0.4) is 0 Å². The predicted octanol–water partition coefficient (Wildman–Crippen LogP) is 10.6. The van der Waals surface area contributed by atoms with Gasteiger partial charge in [0.25, 0.3) is 0 Å². The molecule has 4 rings (SSSR count). The number of hydrogen-bond donors (Lipinski definition) is 1. The predicted molar refractivity (Wildman–Crippen MR) is 212 cm³/mol. The van der Waals surface area contributed by atoms with Crippen LogP contribution in [0.25, 0.3) is 12.2 Å². The van der Waals surface area contributed by atoms with Crippen molar-refractivity contribution < 1.29 is 19.0 Å². The molecule has 51 heavy (non-hydrogen) atoms. The summed E-state index contributed by atoms with van der Waals surface area (Å²) in [7, 11) is 1.45. The molecule has 2 N–H and O–H groups in total. The molecule has 0 radical (unpaired) electrons. The lowest BCUT2D eigenvalue weighted by Gasteiger charge is -2.28. The van der Waals surface area contributed by atoms with Crippen molar-refractivity contribution in [2.24, 2.45) is 5.73 Å². The van der Waals surface area contributed by atoms with E-state index in [0.29, 0.717) is 26.1 Å². The van der Waals surface area contributed by atoms with Gasteiger partial charge >= 0.3 is 5.97 Å². The van der Waals surface area contributed by atoms with Gasteiger partial charge in [0.15, 0.2) is 0 Å². The van der Waals surface area contributed by atoms with Crippen molar-refractivity contribution in [1.82, 2.24) is 4.90 Å². The maximum Gasteiger partial charge on any atom is 0.323 e. The zero-order valence-corrected chi connectivity index (χ0v) is 31.5. The summed E-state index contributed by atoms with van der Waals surface area (Å²) in [5.74, 6) is 2.89. The highest BCUT2D eigenvalue weighted by molar-refractivity contribution is 5.75. The van der Waals surface area contributed by atoms with Gasteiger partial charge in [-0.05, 0) is 101 Å². The number of methoxy groups -OCH3 is 1. The summed E-state index contributed by atoms with van der Waals surface area (Å²) in [5.41, 5.74) is 10.5. The molecule has 0 spiro atoms. The number of esters is 1. The van der Waals surface area contributed by atoms with E-state index in [1.54, 1.807) is 0 Å². The minimum atomic E-state index is -0.396. The number of hydrogen-bond acceptors (Lipinski definition) is 6. The number of benzene rings is 4. The average Bonchev–Trinajstić information content (AvgIpc) is 3.09. The number of rotatable bonds is 16. The van der Waals surface area contributed by atoms with Gasteiger partial charge in [-0.15, -0.1) is 0 Å². The number of nitrogens with zero attached hydrogens (tertiary/aromatic N) is 1. The molecular formula is C45H56N2O4. The van der Waals surface area contributed by atoms with Crippen LogP contribution in [0, 0.1) is 0 Å². The highest BCUT2D eigenvalue weighted by Crippen LogP contribution is 2.29. The number of ether oxygens (including phenoxy) is 3. The fraction of sp³-hybridized carbons (Fsp3) is 0.356. The minimum absolute atomic E-state index is 0.0873. The molecule has 0 saturated carbocycles. The Morgan fingerprint density at radius 3 is 1.51 bits per heavy atom. The lowest BCUT2D eigenvalue weighted by atomic mass is 9.87. The van der Waals surface area contributed by atoms with Crippen LogP contribution in [0.4, 0.5) is 0 Å². The summed E-state index contributed by atoms with van der Waals surface area (Å²) in [6, 6.07) is 32.1. The zero-order valence-electron chi connectivity index (χ0n) is 31.5. The molecule has 0 unspecified atom stereocenters. The van der Waals surface area contributed by atoms with Crippen LogP contribution in [0.15, 0.2) is 109 Å². The van der Waals surface area contributed by atoms with Crippen molar-refractivity contribution in [2.75, 3.05) is 26.7 Å². The van der Waals surface area contributed by atoms with Gasteiger partial charge < -0.3 is 19.9 Å². The van der Waals surface area contributed by atoms with Gasteiger partial charge in [-0.25, -0.2) is 0 Å². The first kappa shape index (κ1) is 39.1. The quantitative estimate of drug-likeness (QED) is 0.0933. The summed E-state index contributed by atoms with van der Waals surface area (Å²) in [4.78, 5) is 15.2. The Kier molecular flexibility index (Phi) is 14.2. The molecule has 0 heterocycles. The highest BCUT2D eigenvalue weighted by atomic mass is 16.5. The van der Waals surface area contributed by atoms with Gasteiger partial charge in [0.2, 0.25) is 0 Å². The SMILES string of the molecule is COC(=O)[C@H](CCCCN)N(C/C=C/c1cccc(Oc2ccc(C(C)(C)C)cc2)c1)C/C=C/c1cccc(Oc2ccc(C(C)(C)C)cc2)c1. The highest BCUT2D eigenvalue weighted by Gasteiger charge is 2.25. The summed E-state index contributed by atoms with van der Waals surface area (Å²) in [6.07, 6.45) is 10.7. The monoisotopic (exact) mass is 688 g/mol. The van der Waals surface area contributed by atoms with E-state index in [9.17, 15) is 4.79 Å². The maximum absolute atomic E-state index is 13.0. The van der Waals surface area contributed by atoms with E-state index in [-0.39, 0.29) is 16.8 Å². The van der Waals surface area contributed by atoms with E-state index in [4.69, 9.17) is 19.9 Å². The van der Waals surface area contributed by atoms with Crippen LogP contribution in [-0.2, 0) is 20.4 Å². The molecule has 0 aliphatic carbocycles. The second kappa shape index (κ2) is 18.5. The first-order valence-electron chi connectivity index (χ1n) is 18.0. The van der Waals surface area contributed by atoms with Gasteiger partial charge in [-0.1, -0.05) is 121 Å². The van der Waals surface area contributed by atoms with E-state index in [2.05, 4.69) is 95.0 Å². The first-order valence-corrected chi connectivity index (χ1v) is 18.0. The minimum Gasteiger partial charge on any atom is -0.468 e. The largest absolute Gasteiger partial charge is 0.468 e. The molecule has 4 aromatic rings. The Hall–Kier alpha value is -4.65. The molecule has 4 aromatic carbocycles. The third-order valence-electron chi connectivity index (χ3n) is 8.77. The smallest absolute Gasteiger partial charge is 0.323 e. The number of nitrogens with two attached hydrogens (primary N) is 1. The molecule has 6 heteroatoms. The molecule has 0 aliphatic rings. The van der Waals surface area contributed by atoms with E-state index in [0.717, 1.165) is 47.0 Å². The molecule has 6 nitrogen and oxygen atoms in total. The molecular weight excluding hydrogens is 633 g/mol. The fourth-order valence-corrected chi connectivity index (χ4v) is 5.73. The van der Waals surface area contributed by atoms with Crippen molar-refractivity contribution in [3.8, 4) is 23.0 Å². The van der Waals surface area contributed by atoms with Crippen LogP contribution in [-0.4, -0.2) is 43.7 Å². The van der Waals surface area contributed by atoms with E-state index < -0.39 is 6.04 Å². The number of unbranched alkanes of at least 4 members (excludes halogenated alkanes) is 1. The summed E-state index contributed by atoms with van der Waals surface area (Å²) in [6.45, 7) is 14.9. The number of carbonyl (C=O) groups is 1. The van der Waals surface area contributed by atoms with Gasteiger partial charge in [0, 0.05) is 13.1 Å². The maximum atomic E-state index is 13.0. The van der Waals surface area contributed by atoms with Crippen molar-refractivity contribution in [1.29, 1.82) is 0 Å². The second-order valence-corrected chi connectivity index (χ2v) is 15.0. The van der Waals surface area contributed by atoms with Gasteiger partial charge in [0.05, 0.1) is 7.11 Å². The lowest BCUT2D eigenvalue weighted by Crippen LogP contribution is -2.42. The molecule has 0 aromatic heterocycles. The Morgan fingerprint density at radius 2 is 1.12 bits per heavy atom. The Balaban J connectivity index is 1.46. The van der Waals surface area contributed by atoms with Crippen LogP contribution < -0.4 is 15.2 Å². The summed E-state index contributed by atoms with van der Waals surface area (Å²) >= 11 is 0. The summed E-state index contributed by atoms with van der Waals surface area (Å²) < 4.78 is 17.6. The first-order chi connectivity index (χ1) is 24.4. The molecule has 0 bridgehead atoms. The standard InChI is InChI=1S/C45H56N2O4/c1-44(2,3)36-21-25-38(26-22-36)50-40-18-10-14-34(32-40)16-12-30-47(42(43(48)49-7)20-8-9-29-46)31-13-17-35-15-11-19-41(33-35)51-39-27-23-37(24-28-39)45(4,5)6/h10-19,21-28,32-33,42H,8-9,20,29-31,46H2,1-7H3/b16-12+,17-13+/t42-/m0/s1. The average molecular weight is 689 g/mol. The Labute approximate surface area is 305 Å². The van der Waals surface area contributed by atoms with Crippen LogP contribution in [0.5, 0.6) is 23.0 Å². The number of carbonyl (C=O) groups excluding carboxylic acids is 1. The van der Waals surface area contributed by atoms with Gasteiger partial charge in [0.1, 0.15) is 29.0 Å². The molecule has 0 amide bonds. The molecule has 0 fully saturated rings. The third kappa shape index (κ3) is 12.6. The van der Waals surface area contributed by atoms with Crippen molar-refractivity contribution in [3.05, 3.63) is 131 Å². The molecule has 1 atom stereocenters. The summed E-state index contributed by atoms with van der Waals surface area (Å²) in [5, 5.41) is 0. The third-order valence-corrected chi connectivity index (χ3v) is 8.77. The van der Waals surface area contributed by atoms with Crippen molar-refractivity contribution >= 4 is 18.1 Å². The molecule has 0 saturated heterocycles. The fourth-order valence-electron chi connectivity index (χ4n) is 5.73. The Bertz CT molecular complexity index is 1610. The van der Waals surface area contributed by atoms with E-state index >= 15 is 0 Å². The molecule has 0 aliphatic heterocycles. The zero-order chi connectivity index (χ0) is 36.9. The van der Waals surface area contributed by atoms with Gasteiger partial charge in [-0.3, -0.25) is 9.69 Å². The second-order valence-electron chi connectivity index (χ2n) is 15.0. The topological polar surface area (TPSA) is 74.0 Å². The van der Waals surface area contributed by atoms with Crippen molar-refractivity contribution in [2.45, 2.75) is 77.7 Å². The Morgan fingerprint density at radius 1 is 0.667 bits per heavy atom. The van der Waals surface area contributed by atoms with Crippen LogP contribution >= 0.6 is 0 Å².